The summed E-state index contributed by atoms with van der Waals surface area (Å²) in [7, 11) is 0. The predicted octanol–water partition coefficient (Wildman–Crippen LogP) is 6.91. The Morgan fingerprint density at radius 3 is 2.59 bits per heavy atom. The Balaban J connectivity index is 1.61. The Kier molecular flexibility index (Phi) is 7.21. The van der Waals surface area contributed by atoms with Gasteiger partial charge in [-0.05, 0) is 66.0 Å². The van der Waals surface area contributed by atoms with Gasteiger partial charge >= 0.3 is 0 Å². The van der Waals surface area contributed by atoms with E-state index >= 15 is 0 Å². The number of aliphatic hydroxyl groups is 1. The minimum Gasteiger partial charge on any atom is -0.392 e. The molecule has 196 valence electrons. The van der Waals surface area contributed by atoms with E-state index in [0.717, 1.165) is 61.7 Å². The molecule has 0 amide bonds. The van der Waals surface area contributed by atoms with E-state index < -0.39 is 0 Å². The highest BCUT2D eigenvalue weighted by Crippen LogP contribution is 2.38. The molecule has 3 heterocycles. The first-order valence-corrected chi connectivity index (χ1v) is 13.9. The van der Waals surface area contributed by atoms with Gasteiger partial charge in [-0.15, -0.1) is 0 Å². The summed E-state index contributed by atoms with van der Waals surface area (Å²) in [5.41, 5.74) is 8.18. The molecule has 1 fully saturated rings. The maximum Gasteiger partial charge on any atom is 0.162 e. The number of aliphatic hydroxyl groups excluding tert-OH is 1. The van der Waals surface area contributed by atoms with Gasteiger partial charge in [-0.25, -0.2) is 9.97 Å². The van der Waals surface area contributed by atoms with E-state index in [1.165, 1.54) is 28.8 Å². The van der Waals surface area contributed by atoms with E-state index in [1.54, 1.807) is 0 Å². The van der Waals surface area contributed by atoms with Gasteiger partial charge in [-0.2, -0.15) is 0 Å². The van der Waals surface area contributed by atoms with Crippen LogP contribution in [0.25, 0.3) is 11.4 Å². The smallest absolute Gasteiger partial charge is 0.162 e. The summed E-state index contributed by atoms with van der Waals surface area (Å²) in [6.45, 7) is 15.0. The fraction of sp³-hybridized carbons (Fsp3) is 0.484. The van der Waals surface area contributed by atoms with Crippen LogP contribution in [-0.2, 0) is 19.6 Å². The molecule has 1 saturated heterocycles. The molecule has 0 unspecified atom stereocenters. The number of halogens is 1. The zero-order chi connectivity index (χ0) is 26.3. The monoisotopic (exact) mass is 518 g/mol. The van der Waals surface area contributed by atoms with Crippen molar-refractivity contribution in [2.75, 3.05) is 29.4 Å². The number of benzene rings is 2. The van der Waals surface area contributed by atoms with Gasteiger partial charge in [-0.3, -0.25) is 0 Å². The summed E-state index contributed by atoms with van der Waals surface area (Å²) in [6.07, 6.45) is 3.23. The van der Waals surface area contributed by atoms with E-state index in [0.29, 0.717) is 16.8 Å². The molecule has 0 spiro atoms. The van der Waals surface area contributed by atoms with Crippen molar-refractivity contribution >= 4 is 23.1 Å². The van der Waals surface area contributed by atoms with E-state index in [1.807, 2.05) is 18.2 Å². The highest BCUT2D eigenvalue weighted by atomic mass is 35.5. The summed E-state index contributed by atoms with van der Waals surface area (Å²) < 4.78 is 0. The summed E-state index contributed by atoms with van der Waals surface area (Å²) in [6, 6.07) is 12.4. The highest BCUT2D eigenvalue weighted by molar-refractivity contribution is 6.30. The van der Waals surface area contributed by atoms with Crippen molar-refractivity contribution in [2.24, 2.45) is 5.41 Å². The van der Waals surface area contributed by atoms with Gasteiger partial charge in [0.2, 0.25) is 0 Å². The maximum atomic E-state index is 10.0. The third-order valence-corrected chi connectivity index (χ3v) is 8.20. The molecule has 3 aromatic rings. The van der Waals surface area contributed by atoms with E-state index in [-0.39, 0.29) is 12.0 Å². The Labute approximate surface area is 226 Å². The van der Waals surface area contributed by atoms with Crippen molar-refractivity contribution in [3.05, 3.63) is 69.4 Å². The second-order valence-electron chi connectivity index (χ2n) is 11.8. The average molecular weight is 519 g/mol. The third-order valence-electron chi connectivity index (χ3n) is 7.96. The second kappa shape index (κ2) is 10.3. The summed E-state index contributed by atoms with van der Waals surface area (Å²) >= 11 is 6.38. The van der Waals surface area contributed by atoms with Crippen LogP contribution in [0.3, 0.4) is 0 Å². The molecule has 0 bridgehead atoms. The number of hydrogen-bond acceptors (Lipinski definition) is 5. The Hall–Kier alpha value is -2.63. The topological polar surface area (TPSA) is 52.5 Å². The lowest BCUT2D eigenvalue weighted by Crippen LogP contribution is -2.42. The van der Waals surface area contributed by atoms with Gasteiger partial charge in [0.25, 0.3) is 0 Å². The fourth-order valence-electron chi connectivity index (χ4n) is 5.81. The highest BCUT2D eigenvalue weighted by Gasteiger charge is 2.32. The largest absolute Gasteiger partial charge is 0.392 e. The Morgan fingerprint density at radius 1 is 1.05 bits per heavy atom. The Bertz CT molecular complexity index is 1300. The van der Waals surface area contributed by atoms with Crippen LogP contribution in [0.4, 0.5) is 11.5 Å². The van der Waals surface area contributed by atoms with Crippen molar-refractivity contribution < 1.29 is 5.11 Å². The van der Waals surface area contributed by atoms with Gasteiger partial charge in [0, 0.05) is 54.4 Å². The van der Waals surface area contributed by atoms with Crippen LogP contribution >= 0.6 is 11.6 Å². The number of aryl methyl sites for hydroxylation is 1. The van der Waals surface area contributed by atoms with Gasteiger partial charge < -0.3 is 14.9 Å². The minimum absolute atomic E-state index is 0.0712. The number of hydrogen-bond donors (Lipinski definition) is 1. The fourth-order valence-corrected chi connectivity index (χ4v) is 5.98. The summed E-state index contributed by atoms with van der Waals surface area (Å²) in [5.74, 6) is 2.20. The molecule has 5 nitrogen and oxygen atoms in total. The summed E-state index contributed by atoms with van der Waals surface area (Å²) in [5, 5.41) is 10.7. The molecule has 2 aromatic carbocycles. The first-order chi connectivity index (χ1) is 17.6. The molecule has 0 aliphatic carbocycles. The lowest BCUT2D eigenvalue weighted by atomic mass is 9.84. The van der Waals surface area contributed by atoms with Gasteiger partial charge in [0.15, 0.2) is 5.82 Å². The molecule has 0 saturated carbocycles. The zero-order valence-electron chi connectivity index (χ0n) is 22.8. The van der Waals surface area contributed by atoms with Gasteiger partial charge in [-0.1, -0.05) is 57.5 Å². The van der Waals surface area contributed by atoms with Gasteiger partial charge in [0.05, 0.1) is 12.3 Å². The standard InChI is InChI=1S/C31H39ClN4O/c1-20(2)22-8-7-21(3)28(15-22)35-14-11-27-26(17-35)30(36-13-6-12-31(4,5)19-36)34-29(33-27)25-16-24(32)10-9-23(25)18-37/h7-10,15-16,20,37H,6,11-14,17-19H2,1-5H3. The lowest BCUT2D eigenvalue weighted by molar-refractivity contribution is 0.282. The first kappa shape index (κ1) is 26.0. The second-order valence-corrected chi connectivity index (χ2v) is 12.3. The Morgan fingerprint density at radius 2 is 1.86 bits per heavy atom. The predicted molar refractivity (Wildman–Crippen MR) is 154 cm³/mol. The number of aromatic nitrogens is 2. The lowest BCUT2D eigenvalue weighted by Gasteiger charge is -2.41. The van der Waals surface area contributed by atoms with Crippen LogP contribution in [-0.4, -0.2) is 34.7 Å². The average Bonchev–Trinajstić information content (AvgIpc) is 2.87. The number of anilines is 2. The maximum absolute atomic E-state index is 10.0. The number of fused-ring (bicyclic) bond motifs is 1. The van der Waals surface area contributed by atoms with Crippen molar-refractivity contribution in [1.82, 2.24) is 9.97 Å². The van der Waals surface area contributed by atoms with Crippen LogP contribution in [0, 0.1) is 12.3 Å². The van der Waals surface area contributed by atoms with Crippen LogP contribution in [0.1, 0.15) is 74.4 Å². The normalized spacial score (nSPS) is 17.3. The van der Waals surface area contributed by atoms with Crippen molar-refractivity contribution in [1.29, 1.82) is 0 Å². The van der Waals surface area contributed by atoms with Crippen molar-refractivity contribution in [3.8, 4) is 11.4 Å². The number of nitrogens with zero attached hydrogens (tertiary/aromatic N) is 4. The molecule has 37 heavy (non-hydrogen) atoms. The van der Waals surface area contributed by atoms with Crippen molar-refractivity contribution in [2.45, 2.75) is 73.0 Å². The summed E-state index contributed by atoms with van der Waals surface area (Å²) in [4.78, 5) is 15.3. The number of piperidine rings is 1. The molecule has 0 radical (unpaired) electrons. The van der Waals surface area contributed by atoms with Crippen LogP contribution < -0.4 is 9.80 Å². The molecule has 5 rings (SSSR count). The molecule has 2 aliphatic rings. The number of rotatable bonds is 5. The molecule has 1 N–H and O–H groups in total. The van der Waals surface area contributed by atoms with E-state index in [9.17, 15) is 5.11 Å². The van der Waals surface area contributed by atoms with Crippen LogP contribution in [0.15, 0.2) is 36.4 Å². The van der Waals surface area contributed by atoms with Gasteiger partial charge in [0.1, 0.15) is 5.82 Å². The van der Waals surface area contributed by atoms with E-state index in [4.69, 9.17) is 21.6 Å². The first-order valence-electron chi connectivity index (χ1n) is 13.5. The molecular formula is C31H39ClN4O. The molecule has 1 aromatic heterocycles. The van der Waals surface area contributed by atoms with Crippen LogP contribution in [0.2, 0.25) is 5.02 Å². The molecular weight excluding hydrogens is 480 g/mol. The third kappa shape index (κ3) is 5.35. The molecule has 0 atom stereocenters. The zero-order valence-corrected chi connectivity index (χ0v) is 23.6. The SMILES string of the molecule is Cc1ccc(C(C)C)cc1N1CCc2nc(-c3cc(Cl)ccc3CO)nc(N3CCCC(C)(C)C3)c2C1. The molecule has 6 heteroatoms. The van der Waals surface area contributed by atoms with Crippen LogP contribution in [0.5, 0.6) is 0 Å². The quantitative estimate of drug-likeness (QED) is 0.397. The van der Waals surface area contributed by atoms with Crippen molar-refractivity contribution in [3.63, 3.8) is 0 Å². The van der Waals surface area contributed by atoms with E-state index in [2.05, 4.69) is 62.6 Å². The minimum atomic E-state index is -0.0712. The molecule has 2 aliphatic heterocycles.